The SMILES string of the molecule is O=C(Nc1cccc(Cl)c1)c1ccc(Nc2ccccc2)cn1. The number of rotatable bonds is 4. The third kappa shape index (κ3) is 4.08. The van der Waals surface area contributed by atoms with E-state index in [1.807, 2.05) is 36.4 Å². The normalized spacial score (nSPS) is 10.1. The van der Waals surface area contributed by atoms with E-state index in [0.717, 1.165) is 11.4 Å². The molecular formula is C18H14ClN3O. The van der Waals surface area contributed by atoms with Crippen molar-refractivity contribution in [2.24, 2.45) is 0 Å². The van der Waals surface area contributed by atoms with Crippen molar-refractivity contribution in [1.29, 1.82) is 0 Å². The molecule has 0 bridgehead atoms. The average Bonchev–Trinajstić information content (AvgIpc) is 2.56. The minimum Gasteiger partial charge on any atom is -0.354 e. The molecular weight excluding hydrogens is 310 g/mol. The van der Waals surface area contributed by atoms with Gasteiger partial charge in [0.15, 0.2) is 0 Å². The highest BCUT2D eigenvalue weighted by Gasteiger charge is 2.08. The molecule has 0 aliphatic heterocycles. The van der Waals surface area contributed by atoms with Crippen LogP contribution >= 0.6 is 11.6 Å². The molecule has 114 valence electrons. The Hall–Kier alpha value is -2.85. The lowest BCUT2D eigenvalue weighted by Gasteiger charge is -2.07. The minimum atomic E-state index is -0.279. The summed E-state index contributed by atoms with van der Waals surface area (Å²) in [6, 6.07) is 20.2. The molecule has 5 heteroatoms. The van der Waals surface area contributed by atoms with Crippen LogP contribution in [0.5, 0.6) is 0 Å². The first-order valence-corrected chi connectivity index (χ1v) is 7.43. The predicted molar refractivity (Wildman–Crippen MR) is 93.4 cm³/mol. The Morgan fingerprint density at radius 3 is 2.35 bits per heavy atom. The molecule has 0 aliphatic carbocycles. The number of aromatic nitrogens is 1. The summed E-state index contributed by atoms with van der Waals surface area (Å²) in [5.41, 5.74) is 2.75. The van der Waals surface area contributed by atoms with E-state index in [1.165, 1.54) is 0 Å². The van der Waals surface area contributed by atoms with E-state index in [0.29, 0.717) is 16.4 Å². The fraction of sp³-hybridized carbons (Fsp3) is 0. The second-order valence-corrected chi connectivity index (χ2v) is 5.32. The summed E-state index contributed by atoms with van der Waals surface area (Å²) < 4.78 is 0. The van der Waals surface area contributed by atoms with Crippen LogP contribution in [0.25, 0.3) is 0 Å². The van der Waals surface area contributed by atoms with E-state index in [1.54, 1.807) is 36.5 Å². The first kappa shape index (κ1) is 15.1. The van der Waals surface area contributed by atoms with E-state index < -0.39 is 0 Å². The first-order chi connectivity index (χ1) is 11.2. The summed E-state index contributed by atoms with van der Waals surface area (Å²) in [5, 5.41) is 6.55. The second kappa shape index (κ2) is 6.94. The van der Waals surface area contributed by atoms with Crippen LogP contribution < -0.4 is 10.6 Å². The zero-order valence-electron chi connectivity index (χ0n) is 12.2. The lowest BCUT2D eigenvalue weighted by atomic mass is 10.2. The summed E-state index contributed by atoms with van der Waals surface area (Å²) in [4.78, 5) is 16.3. The molecule has 0 atom stereocenters. The topological polar surface area (TPSA) is 54.0 Å². The number of carbonyl (C=O) groups excluding carboxylic acids is 1. The summed E-state index contributed by atoms with van der Waals surface area (Å²) in [7, 11) is 0. The number of amides is 1. The number of benzene rings is 2. The Morgan fingerprint density at radius 2 is 1.65 bits per heavy atom. The highest BCUT2D eigenvalue weighted by atomic mass is 35.5. The third-order valence-electron chi connectivity index (χ3n) is 3.14. The Labute approximate surface area is 139 Å². The molecule has 0 spiro atoms. The maximum absolute atomic E-state index is 12.2. The standard InChI is InChI=1S/C18H14ClN3O/c19-13-5-4-8-15(11-13)22-18(23)17-10-9-16(12-20-17)21-14-6-2-1-3-7-14/h1-12,21H,(H,22,23). The van der Waals surface area contributed by atoms with Crippen molar-refractivity contribution < 1.29 is 4.79 Å². The fourth-order valence-electron chi connectivity index (χ4n) is 2.05. The van der Waals surface area contributed by atoms with Crippen LogP contribution in [0.2, 0.25) is 5.02 Å². The lowest BCUT2D eigenvalue weighted by Crippen LogP contribution is -2.13. The maximum atomic E-state index is 12.2. The van der Waals surface area contributed by atoms with Gasteiger partial charge in [-0.1, -0.05) is 35.9 Å². The van der Waals surface area contributed by atoms with Gasteiger partial charge in [0.2, 0.25) is 0 Å². The van der Waals surface area contributed by atoms with Crippen LogP contribution in [-0.2, 0) is 0 Å². The molecule has 2 N–H and O–H groups in total. The number of nitrogens with zero attached hydrogens (tertiary/aromatic N) is 1. The zero-order chi connectivity index (χ0) is 16.1. The van der Waals surface area contributed by atoms with Crippen molar-refractivity contribution in [3.63, 3.8) is 0 Å². The number of hydrogen-bond donors (Lipinski definition) is 2. The van der Waals surface area contributed by atoms with Crippen molar-refractivity contribution in [2.45, 2.75) is 0 Å². The minimum absolute atomic E-state index is 0.279. The van der Waals surface area contributed by atoms with Crippen molar-refractivity contribution in [3.8, 4) is 0 Å². The van der Waals surface area contributed by atoms with Crippen LogP contribution in [-0.4, -0.2) is 10.9 Å². The van der Waals surface area contributed by atoms with E-state index in [2.05, 4.69) is 15.6 Å². The van der Waals surface area contributed by atoms with E-state index in [9.17, 15) is 4.79 Å². The highest BCUT2D eigenvalue weighted by Crippen LogP contribution is 2.17. The van der Waals surface area contributed by atoms with Crippen molar-refractivity contribution >= 4 is 34.6 Å². The van der Waals surface area contributed by atoms with Crippen LogP contribution in [0.4, 0.5) is 17.1 Å². The Morgan fingerprint density at radius 1 is 0.870 bits per heavy atom. The quantitative estimate of drug-likeness (QED) is 0.729. The number of pyridine rings is 1. The van der Waals surface area contributed by atoms with Gasteiger partial charge >= 0.3 is 0 Å². The van der Waals surface area contributed by atoms with Gasteiger partial charge in [-0.3, -0.25) is 4.79 Å². The van der Waals surface area contributed by atoms with Crippen LogP contribution in [0.1, 0.15) is 10.5 Å². The number of anilines is 3. The van der Waals surface area contributed by atoms with E-state index >= 15 is 0 Å². The van der Waals surface area contributed by atoms with Gasteiger partial charge in [0.1, 0.15) is 5.69 Å². The van der Waals surface area contributed by atoms with Gasteiger partial charge in [-0.15, -0.1) is 0 Å². The van der Waals surface area contributed by atoms with Gasteiger partial charge < -0.3 is 10.6 Å². The van der Waals surface area contributed by atoms with Gasteiger partial charge in [0.05, 0.1) is 11.9 Å². The van der Waals surface area contributed by atoms with Crippen molar-refractivity contribution in [2.75, 3.05) is 10.6 Å². The molecule has 0 saturated heterocycles. The first-order valence-electron chi connectivity index (χ1n) is 7.06. The molecule has 1 amide bonds. The number of nitrogens with one attached hydrogen (secondary N) is 2. The summed E-state index contributed by atoms with van der Waals surface area (Å²) >= 11 is 5.90. The lowest BCUT2D eigenvalue weighted by molar-refractivity contribution is 0.102. The zero-order valence-corrected chi connectivity index (χ0v) is 12.9. The van der Waals surface area contributed by atoms with Gasteiger partial charge in [-0.2, -0.15) is 0 Å². The molecule has 1 heterocycles. The average molecular weight is 324 g/mol. The van der Waals surface area contributed by atoms with E-state index in [4.69, 9.17) is 11.6 Å². The molecule has 0 unspecified atom stereocenters. The summed E-state index contributed by atoms with van der Waals surface area (Å²) in [6.07, 6.45) is 1.62. The fourth-order valence-corrected chi connectivity index (χ4v) is 2.24. The molecule has 2 aromatic carbocycles. The monoisotopic (exact) mass is 323 g/mol. The van der Waals surface area contributed by atoms with Crippen molar-refractivity contribution in [3.05, 3.63) is 83.6 Å². The van der Waals surface area contributed by atoms with Crippen LogP contribution in [0.3, 0.4) is 0 Å². The third-order valence-corrected chi connectivity index (χ3v) is 3.38. The van der Waals surface area contributed by atoms with Crippen LogP contribution in [0.15, 0.2) is 72.9 Å². The van der Waals surface area contributed by atoms with Crippen molar-refractivity contribution in [1.82, 2.24) is 4.98 Å². The van der Waals surface area contributed by atoms with Crippen LogP contribution in [0, 0.1) is 0 Å². The summed E-state index contributed by atoms with van der Waals surface area (Å²) in [5.74, 6) is -0.279. The predicted octanol–water partition coefficient (Wildman–Crippen LogP) is 4.73. The Kier molecular flexibility index (Phi) is 4.54. The molecule has 3 aromatic rings. The molecule has 23 heavy (non-hydrogen) atoms. The number of carbonyl (C=O) groups is 1. The molecule has 4 nitrogen and oxygen atoms in total. The highest BCUT2D eigenvalue weighted by molar-refractivity contribution is 6.30. The van der Waals surface area contributed by atoms with Gasteiger partial charge in [0, 0.05) is 16.4 Å². The largest absolute Gasteiger partial charge is 0.354 e. The van der Waals surface area contributed by atoms with Gasteiger partial charge in [-0.25, -0.2) is 4.98 Å². The number of para-hydroxylation sites is 1. The molecule has 1 aromatic heterocycles. The molecule has 0 aliphatic rings. The second-order valence-electron chi connectivity index (χ2n) is 4.89. The molecule has 3 rings (SSSR count). The molecule has 0 fully saturated rings. The van der Waals surface area contributed by atoms with Gasteiger partial charge in [-0.05, 0) is 42.5 Å². The maximum Gasteiger partial charge on any atom is 0.274 e. The van der Waals surface area contributed by atoms with E-state index in [-0.39, 0.29) is 5.91 Å². The molecule has 0 radical (unpaired) electrons. The Balaban J connectivity index is 1.68. The molecule has 0 saturated carbocycles. The summed E-state index contributed by atoms with van der Waals surface area (Å²) in [6.45, 7) is 0. The number of halogens is 1. The Bertz CT molecular complexity index is 804. The van der Waals surface area contributed by atoms with Gasteiger partial charge in [0.25, 0.3) is 5.91 Å². The smallest absolute Gasteiger partial charge is 0.274 e. The number of hydrogen-bond acceptors (Lipinski definition) is 3.